The van der Waals surface area contributed by atoms with E-state index in [1.807, 2.05) is 0 Å². The summed E-state index contributed by atoms with van der Waals surface area (Å²) in [6, 6.07) is 4.72. The molecule has 1 aromatic carbocycles. The molecule has 1 aromatic rings. The Hall–Kier alpha value is -1.26. The van der Waals surface area contributed by atoms with Crippen LogP contribution in [0.3, 0.4) is 0 Å². The zero-order valence-electron chi connectivity index (χ0n) is 11.6. The zero-order chi connectivity index (χ0) is 15.3. The smallest absolute Gasteiger partial charge is 0.301 e. The molecule has 0 aliphatic heterocycles. The number of nitrogens with zero attached hydrogens (tertiary/aromatic N) is 1. The summed E-state index contributed by atoms with van der Waals surface area (Å²) >= 11 is 6.00. The fourth-order valence-electron chi connectivity index (χ4n) is 1.32. The van der Waals surface area contributed by atoms with Gasteiger partial charge in [-0.05, 0) is 32.0 Å². The third kappa shape index (κ3) is 4.39. The Morgan fingerprint density at radius 1 is 1.45 bits per heavy atom. The van der Waals surface area contributed by atoms with Gasteiger partial charge in [0, 0.05) is 18.7 Å². The van der Waals surface area contributed by atoms with Crippen LogP contribution in [0.4, 0.5) is 5.69 Å². The van der Waals surface area contributed by atoms with Crippen LogP contribution in [0.15, 0.2) is 18.2 Å². The summed E-state index contributed by atoms with van der Waals surface area (Å²) in [6.45, 7) is 3.80. The van der Waals surface area contributed by atoms with Gasteiger partial charge in [0.05, 0.1) is 17.3 Å². The third-order valence-corrected chi connectivity index (χ3v) is 4.63. The Labute approximate surface area is 125 Å². The van der Waals surface area contributed by atoms with Crippen molar-refractivity contribution < 1.29 is 8.42 Å². The first-order valence-electron chi connectivity index (χ1n) is 6.02. The van der Waals surface area contributed by atoms with Crippen molar-refractivity contribution in [3.63, 3.8) is 0 Å². The highest BCUT2D eigenvalue weighted by Crippen LogP contribution is 2.24. The van der Waals surface area contributed by atoms with Crippen LogP contribution in [-0.4, -0.2) is 32.4 Å². The number of hydrogen-bond acceptors (Lipinski definition) is 3. The van der Waals surface area contributed by atoms with Gasteiger partial charge in [-0.25, -0.2) is 0 Å². The van der Waals surface area contributed by atoms with Crippen LogP contribution in [0.25, 0.3) is 0 Å². The molecule has 0 bridgehead atoms. The van der Waals surface area contributed by atoms with E-state index in [-0.39, 0.29) is 12.6 Å². The highest BCUT2D eigenvalue weighted by molar-refractivity contribution is 7.90. The number of halogens is 1. The minimum atomic E-state index is -3.65. The van der Waals surface area contributed by atoms with E-state index in [1.165, 1.54) is 11.4 Å². The molecule has 0 heterocycles. The van der Waals surface area contributed by atoms with Gasteiger partial charge in [0.2, 0.25) is 0 Å². The maximum Gasteiger partial charge on any atom is 0.301 e. The molecule has 110 valence electrons. The molecule has 0 atom stereocenters. The van der Waals surface area contributed by atoms with Gasteiger partial charge in [0.25, 0.3) is 0 Å². The first kappa shape index (κ1) is 16.8. The molecule has 3 N–H and O–H groups in total. The SMILES string of the molecule is CC(C)N(C)S(=O)(=O)Nc1cc(C#CCN)ccc1Cl. The number of nitrogens with two attached hydrogens (primary N) is 1. The lowest BCUT2D eigenvalue weighted by Crippen LogP contribution is -2.37. The Morgan fingerprint density at radius 3 is 2.65 bits per heavy atom. The molecular weight excluding hydrogens is 298 g/mol. The molecular formula is C13H18ClN3O2S. The maximum absolute atomic E-state index is 12.1. The van der Waals surface area contributed by atoms with Crippen molar-refractivity contribution in [1.82, 2.24) is 4.31 Å². The van der Waals surface area contributed by atoms with Crippen molar-refractivity contribution in [3.05, 3.63) is 28.8 Å². The second-order valence-electron chi connectivity index (χ2n) is 4.42. The predicted molar refractivity (Wildman–Crippen MR) is 82.8 cm³/mol. The number of anilines is 1. The standard InChI is InChI=1S/C13H18ClN3O2S/c1-10(2)17(3)20(18,19)16-13-9-11(5-4-8-15)6-7-12(13)14/h6-7,9-10,16H,8,15H2,1-3H3. The lowest BCUT2D eigenvalue weighted by Gasteiger charge is -2.22. The van der Waals surface area contributed by atoms with E-state index in [1.54, 1.807) is 32.0 Å². The lowest BCUT2D eigenvalue weighted by molar-refractivity contribution is 0.414. The highest BCUT2D eigenvalue weighted by atomic mass is 35.5. The first-order chi connectivity index (χ1) is 9.27. The fraction of sp³-hybridized carbons (Fsp3) is 0.385. The lowest BCUT2D eigenvalue weighted by atomic mass is 10.2. The summed E-state index contributed by atoms with van der Waals surface area (Å²) in [5.41, 5.74) is 6.24. The second-order valence-corrected chi connectivity index (χ2v) is 6.56. The van der Waals surface area contributed by atoms with Gasteiger partial charge in [-0.2, -0.15) is 12.7 Å². The summed E-state index contributed by atoms with van der Waals surface area (Å²) in [5.74, 6) is 5.53. The summed E-state index contributed by atoms with van der Waals surface area (Å²) in [6.07, 6.45) is 0. The van der Waals surface area contributed by atoms with Crippen LogP contribution < -0.4 is 10.5 Å². The number of hydrogen-bond donors (Lipinski definition) is 2. The van der Waals surface area contributed by atoms with Crippen molar-refractivity contribution in [1.29, 1.82) is 0 Å². The second kappa shape index (κ2) is 6.95. The fourth-order valence-corrected chi connectivity index (χ4v) is 2.69. The molecule has 0 saturated carbocycles. The van der Waals surface area contributed by atoms with Gasteiger partial charge in [0.15, 0.2) is 0 Å². The van der Waals surface area contributed by atoms with Gasteiger partial charge >= 0.3 is 10.2 Å². The van der Waals surface area contributed by atoms with Gasteiger partial charge < -0.3 is 5.73 Å². The van der Waals surface area contributed by atoms with Crippen molar-refractivity contribution in [2.24, 2.45) is 5.73 Å². The summed E-state index contributed by atoms with van der Waals surface area (Å²) in [5, 5.41) is 0.309. The van der Waals surface area contributed by atoms with Gasteiger partial charge in [-0.15, -0.1) is 0 Å². The van der Waals surface area contributed by atoms with Crippen LogP contribution in [-0.2, 0) is 10.2 Å². The van der Waals surface area contributed by atoms with Gasteiger partial charge in [-0.1, -0.05) is 23.4 Å². The van der Waals surface area contributed by atoms with Crippen LogP contribution in [0.2, 0.25) is 5.02 Å². The molecule has 20 heavy (non-hydrogen) atoms. The number of benzene rings is 1. The minimum Gasteiger partial charge on any atom is -0.320 e. The average Bonchev–Trinajstić information content (AvgIpc) is 2.38. The maximum atomic E-state index is 12.1. The molecule has 7 heteroatoms. The minimum absolute atomic E-state index is 0.161. The van der Waals surface area contributed by atoms with Crippen LogP contribution in [0.5, 0.6) is 0 Å². The van der Waals surface area contributed by atoms with Crippen LogP contribution >= 0.6 is 11.6 Å². The first-order valence-corrected chi connectivity index (χ1v) is 7.84. The van der Waals surface area contributed by atoms with Crippen LogP contribution in [0, 0.1) is 11.8 Å². The molecule has 0 spiro atoms. The molecule has 0 radical (unpaired) electrons. The van der Waals surface area contributed by atoms with Crippen molar-refractivity contribution in [2.75, 3.05) is 18.3 Å². The molecule has 1 rings (SSSR count). The molecule has 0 fully saturated rings. The third-order valence-electron chi connectivity index (χ3n) is 2.65. The monoisotopic (exact) mass is 315 g/mol. The Bertz CT molecular complexity index is 633. The summed E-state index contributed by atoms with van der Waals surface area (Å²) in [4.78, 5) is 0. The highest BCUT2D eigenvalue weighted by Gasteiger charge is 2.21. The molecule has 0 aliphatic carbocycles. The van der Waals surface area contributed by atoms with Gasteiger partial charge in [0.1, 0.15) is 0 Å². The molecule has 0 saturated heterocycles. The average molecular weight is 316 g/mol. The van der Waals surface area contributed by atoms with E-state index in [2.05, 4.69) is 16.6 Å². The predicted octanol–water partition coefficient (Wildman–Crippen LogP) is 1.65. The van der Waals surface area contributed by atoms with E-state index in [9.17, 15) is 8.42 Å². The van der Waals surface area contributed by atoms with E-state index in [0.717, 1.165) is 0 Å². The van der Waals surface area contributed by atoms with Crippen molar-refractivity contribution in [2.45, 2.75) is 19.9 Å². The van der Waals surface area contributed by atoms with Crippen LogP contribution in [0.1, 0.15) is 19.4 Å². The van der Waals surface area contributed by atoms with E-state index in [4.69, 9.17) is 17.3 Å². The largest absolute Gasteiger partial charge is 0.320 e. The molecule has 5 nitrogen and oxygen atoms in total. The number of rotatable bonds is 4. The van der Waals surface area contributed by atoms with E-state index < -0.39 is 10.2 Å². The Morgan fingerprint density at radius 2 is 2.10 bits per heavy atom. The molecule has 0 amide bonds. The summed E-state index contributed by atoms with van der Waals surface area (Å²) in [7, 11) is -2.15. The van der Waals surface area contributed by atoms with E-state index >= 15 is 0 Å². The van der Waals surface area contributed by atoms with E-state index in [0.29, 0.717) is 16.3 Å². The number of nitrogens with one attached hydrogen (secondary N) is 1. The van der Waals surface area contributed by atoms with Crippen molar-refractivity contribution in [3.8, 4) is 11.8 Å². The summed E-state index contributed by atoms with van der Waals surface area (Å²) < 4.78 is 27.9. The molecule has 0 aromatic heterocycles. The zero-order valence-corrected chi connectivity index (χ0v) is 13.2. The van der Waals surface area contributed by atoms with Gasteiger partial charge in [-0.3, -0.25) is 4.72 Å². The molecule has 0 unspecified atom stereocenters. The topological polar surface area (TPSA) is 75.4 Å². The Balaban J connectivity index is 3.08. The normalized spacial score (nSPS) is 11.3. The quantitative estimate of drug-likeness (QED) is 0.830. The van der Waals surface area contributed by atoms with Crippen molar-refractivity contribution >= 4 is 27.5 Å². The Kier molecular flexibility index (Phi) is 5.84. The molecule has 0 aliphatic rings.